The minimum Gasteiger partial charge on any atom is -0.469 e. The van der Waals surface area contributed by atoms with Gasteiger partial charge < -0.3 is 14.7 Å². The summed E-state index contributed by atoms with van der Waals surface area (Å²) in [5.74, 6) is 0.983. The van der Waals surface area contributed by atoms with Crippen LogP contribution in [-0.4, -0.2) is 9.55 Å². The molecule has 0 aliphatic rings. The lowest BCUT2D eigenvalue weighted by atomic mass is 10.1. The Bertz CT molecular complexity index is 431. The van der Waals surface area contributed by atoms with Crippen molar-refractivity contribution in [3.8, 4) is 0 Å². The first-order chi connectivity index (χ1) is 7.68. The number of hydrogen-bond acceptors (Lipinski definition) is 3. The van der Waals surface area contributed by atoms with Crippen molar-refractivity contribution in [3.63, 3.8) is 0 Å². The first kappa shape index (κ1) is 11.0. The van der Waals surface area contributed by atoms with Crippen LogP contribution in [0.25, 0.3) is 0 Å². The Labute approximate surface area is 95.1 Å². The van der Waals surface area contributed by atoms with Gasteiger partial charge in [0.2, 0.25) is 0 Å². The van der Waals surface area contributed by atoms with E-state index in [1.807, 2.05) is 31.6 Å². The molecule has 0 amide bonds. The zero-order valence-corrected chi connectivity index (χ0v) is 9.63. The van der Waals surface area contributed by atoms with Crippen LogP contribution >= 0.6 is 0 Å². The Kier molecular flexibility index (Phi) is 3.10. The predicted octanol–water partition coefficient (Wildman–Crippen LogP) is 2.30. The molecule has 0 radical (unpaired) electrons. The van der Waals surface area contributed by atoms with Gasteiger partial charge in [-0.05, 0) is 26.0 Å². The molecular formula is C12H17N3O. The number of nitrogens with two attached hydrogens (primary N) is 1. The van der Waals surface area contributed by atoms with E-state index in [0.29, 0.717) is 6.04 Å². The summed E-state index contributed by atoms with van der Waals surface area (Å²) in [7, 11) is 0. The van der Waals surface area contributed by atoms with Crippen LogP contribution in [-0.2, 0) is 6.42 Å². The van der Waals surface area contributed by atoms with Gasteiger partial charge in [0.1, 0.15) is 5.76 Å². The van der Waals surface area contributed by atoms with Crippen LogP contribution in [0.4, 0.5) is 0 Å². The van der Waals surface area contributed by atoms with Gasteiger partial charge in [-0.1, -0.05) is 0 Å². The topological polar surface area (TPSA) is 57.0 Å². The molecule has 1 unspecified atom stereocenters. The summed E-state index contributed by atoms with van der Waals surface area (Å²) >= 11 is 0. The molecule has 0 aromatic carbocycles. The van der Waals surface area contributed by atoms with Crippen molar-refractivity contribution in [1.82, 2.24) is 9.55 Å². The molecule has 2 heterocycles. The maximum absolute atomic E-state index is 5.89. The first-order valence-electron chi connectivity index (χ1n) is 5.48. The van der Waals surface area contributed by atoms with Crippen LogP contribution in [0.2, 0.25) is 0 Å². The fourth-order valence-electron chi connectivity index (χ4n) is 1.85. The average molecular weight is 219 g/mol. The highest BCUT2D eigenvalue weighted by Crippen LogP contribution is 2.19. The minimum atomic E-state index is 0.00144. The van der Waals surface area contributed by atoms with Crippen LogP contribution in [0.15, 0.2) is 35.3 Å². The normalized spacial score (nSPS) is 14.9. The van der Waals surface area contributed by atoms with E-state index in [2.05, 4.69) is 16.5 Å². The Balaban J connectivity index is 2.14. The lowest BCUT2D eigenvalue weighted by Crippen LogP contribution is -2.16. The van der Waals surface area contributed by atoms with Crippen LogP contribution in [0.3, 0.4) is 0 Å². The number of nitrogens with zero attached hydrogens (tertiary/aromatic N) is 2. The summed E-state index contributed by atoms with van der Waals surface area (Å²) < 4.78 is 7.44. The third kappa shape index (κ3) is 2.17. The molecule has 2 aromatic heterocycles. The summed E-state index contributed by atoms with van der Waals surface area (Å²) in [6.07, 6.45) is 6.20. The van der Waals surface area contributed by atoms with E-state index in [0.717, 1.165) is 17.9 Å². The van der Waals surface area contributed by atoms with Gasteiger partial charge >= 0.3 is 0 Å². The van der Waals surface area contributed by atoms with Gasteiger partial charge in [0.15, 0.2) is 0 Å². The van der Waals surface area contributed by atoms with Crippen LogP contribution in [0, 0.1) is 0 Å². The molecule has 2 atom stereocenters. The van der Waals surface area contributed by atoms with E-state index in [4.69, 9.17) is 10.2 Å². The maximum Gasteiger partial charge on any atom is 0.105 e. The summed E-state index contributed by atoms with van der Waals surface area (Å²) in [6, 6.07) is 4.19. The minimum absolute atomic E-state index is 0.00144. The Morgan fingerprint density at radius 2 is 2.31 bits per heavy atom. The largest absolute Gasteiger partial charge is 0.469 e. The second kappa shape index (κ2) is 4.53. The highest BCUT2D eigenvalue weighted by molar-refractivity contribution is 5.07. The quantitative estimate of drug-likeness (QED) is 0.858. The summed E-state index contributed by atoms with van der Waals surface area (Å²) in [5.41, 5.74) is 6.94. The summed E-state index contributed by atoms with van der Waals surface area (Å²) in [5, 5.41) is 0. The SMILES string of the molecule is CC(Cc1ccco1)n1cncc1[C@H](C)N. The second-order valence-corrected chi connectivity index (χ2v) is 4.15. The molecule has 2 aromatic rings. The van der Waals surface area contributed by atoms with Gasteiger partial charge in [0, 0.05) is 24.7 Å². The third-order valence-electron chi connectivity index (χ3n) is 2.71. The smallest absolute Gasteiger partial charge is 0.105 e. The van der Waals surface area contributed by atoms with E-state index >= 15 is 0 Å². The molecule has 0 spiro atoms. The van der Waals surface area contributed by atoms with Crippen LogP contribution < -0.4 is 5.73 Å². The van der Waals surface area contributed by atoms with Crippen molar-refractivity contribution in [2.24, 2.45) is 5.73 Å². The van der Waals surface area contributed by atoms with Gasteiger partial charge in [0.25, 0.3) is 0 Å². The Morgan fingerprint density at radius 3 is 2.94 bits per heavy atom. The molecule has 0 fully saturated rings. The van der Waals surface area contributed by atoms with Gasteiger partial charge in [-0.3, -0.25) is 0 Å². The summed E-state index contributed by atoms with van der Waals surface area (Å²) in [6.45, 7) is 4.10. The molecule has 86 valence electrons. The summed E-state index contributed by atoms with van der Waals surface area (Å²) in [4.78, 5) is 4.15. The lowest BCUT2D eigenvalue weighted by Gasteiger charge is -2.17. The molecule has 0 aliphatic carbocycles. The molecule has 0 saturated carbocycles. The van der Waals surface area contributed by atoms with E-state index in [1.165, 1.54) is 0 Å². The van der Waals surface area contributed by atoms with E-state index in [1.54, 1.807) is 6.26 Å². The van der Waals surface area contributed by atoms with E-state index in [9.17, 15) is 0 Å². The third-order valence-corrected chi connectivity index (χ3v) is 2.71. The lowest BCUT2D eigenvalue weighted by molar-refractivity contribution is 0.438. The second-order valence-electron chi connectivity index (χ2n) is 4.15. The molecule has 2 N–H and O–H groups in total. The highest BCUT2D eigenvalue weighted by Gasteiger charge is 2.13. The number of rotatable bonds is 4. The molecular weight excluding hydrogens is 202 g/mol. The van der Waals surface area contributed by atoms with Gasteiger partial charge in [0.05, 0.1) is 18.3 Å². The molecule has 0 aliphatic heterocycles. The van der Waals surface area contributed by atoms with Crippen molar-refractivity contribution < 1.29 is 4.42 Å². The number of furan rings is 1. The van der Waals surface area contributed by atoms with Crippen molar-refractivity contribution in [2.75, 3.05) is 0 Å². The molecule has 16 heavy (non-hydrogen) atoms. The van der Waals surface area contributed by atoms with Crippen molar-refractivity contribution in [2.45, 2.75) is 32.4 Å². The average Bonchev–Trinajstić information content (AvgIpc) is 2.86. The van der Waals surface area contributed by atoms with Crippen molar-refractivity contribution in [3.05, 3.63) is 42.4 Å². The zero-order valence-electron chi connectivity index (χ0n) is 9.63. The molecule has 4 heteroatoms. The molecule has 0 saturated heterocycles. The Morgan fingerprint density at radius 1 is 1.50 bits per heavy atom. The van der Waals surface area contributed by atoms with Crippen LogP contribution in [0.1, 0.15) is 37.4 Å². The zero-order chi connectivity index (χ0) is 11.5. The number of aromatic nitrogens is 2. The van der Waals surface area contributed by atoms with Gasteiger partial charge in [-0.25, -0.2) is 4.98 Å². The number of hydrogen-bond donors (Lipinski definition) is 1. The fraction of sp³-hybridized carbons (Fsp3) is 0.417. The predicted molar refractivity (Wildman–Crippen MR) is 62.0 cm³/mol. The fourth-order valence-corrected chi connectivity index (χ4v) is 1.85. The molecule has 2 rings (SSSR count). The van der Waals surface area contributed by atoms with Crippen molar-refractivity contribution in [1.29, 1.82) is 0 Å². The monoisotopic (exact) mass is 219 g/mol. The number of imidazole rings is 1. The van der Waals surface area contributed by atoms with Crippen LogP contribution in [0.5, 0.6) is 0 Å². The Hall–Kier alpha value is -1.55. The van der Waals surface area contributed by atoms with E-state index in [-0.39, 0.29) is 6.04 Å². The van der Waals surface area contributed by atoms with Gasteiger partial charge in [-0.2, -0.15) is 0 Å². The molecule has 0 bridgehead atoms. The first-order valence-corrected chi connectivity index (χ1v) is 5.48. The standard InChI is InChI=1S/C12H17N3O/c1-9(6-11-4-3-5-16-11)15-8-14-7-12(15)10(2)13/h3-5,7-10H,6,13H2,1-2H3/t9?,10-/m0/s1. The van der Waals surface area contributed by atoms with Gasteiger partial charge in [-0.15, -0.1) is 0 Å². The van der Waals surface area contributed by atoms with E-state index < -0.39 is 0 Å². The maximum atomic E-state index is 5.89. The highest BCUT2D eigenvalue weighted by atomic mass is 16.3. The molecule has 4 nitrogen and oxygen atoms in total. The van der Waals surface area contributed by atoms with Crippen molar-refractivity contribution >= 4 is 0 Å².